The van der Waals surface area contributed by atoms with Crippen LogP contribution < -0.4 is 5.73 Å². The summed E-state index contributed by atoms with van der Waals surface area (Å²) in [6.07, 6.45) is 0.973. The van der Waals surface area contributed by atoms with Crippen molar-refractivity contribution in [2.45, 2.75) is 31.6 Å². The molecular weight excluding hydrogens is 238 g/mol. The third-order valence-electron chi connectivity index (χ3n) is 3.01. The topological polar surface area (TPSA) is 44.5 Å². The van der Waals surface area contributed by atoms with Crippen LogP contribution in [0, 0.1) is 0 Å². The summed E-state index contributed by atoms with van der Waals surface area (Å²) in [6, 6.07) is 7.68. The summed E-state index contributed by atoms with van der Waals surface area (Å²) in [5, 5.41) is 0.726. The van der Waals surface area contributed by atoms with Gasteiger partial charge in [0.25, 0.3) is 0 Å². The van der Waals surface area contributed by atoms with Crippen molar-refractivity contribution in [3.05, 3.63) is 34.9 Å². The average Bonchev–Trinajstić information content (AvgIpc) is 2.29. The van der Waals surface area contributed by atoms with E-state index >= 15 is 0 Å². The van der Waals surface area contributed by atoms with Gasteiger partial charge in [0.05, 0.1) is 19.3 Å². The third kappa shape index (κ3) is 3.19. The molecule has 3 nitrogen and oxygen atoms in total. The minimum atomic E-state index is -0.0776. The Kier molecular flexibility index (Phi) is 4.40. The average molecular weight is 256 g/mol. The molecule has 0 aromatic heterocycles. The lowest BCUT2D eigenvalue weighted by molar-refractivity contribution is -0.160. The van der Waals surface area contributed by atoms with Gasteiger partial charge in [-0.1, -0.05) is 30.7 Å². The van der Waals surface area contributed by atoms with Gasteiger partial charge in [0.2, 0.25) is 0 Å². The molecule has 1 heterocycles. The number of benzene rings is 1. The van der Waals surface area contributed by atoms with Gasteiger partial charge >= 0.3 is 0 Å². The SMILES string of the molecule is CCC(N)C(OC1COC1)c1ccc(Cl)cc1. The van der Waals surface area contributed by atoms with Crippen LogP contribution in [0.2, 0.25) is 5.02 Å². The van der Waals surface area contributed by atoms with Gasteiger partial charge in [0, 0.05) is 11.1 Å². The van der Waals surface area contributed by atoms with Crippen LogP contribution in [0.3, 0.4) is 0 Å². The molecule has 2 rings (SSSR count). The van der Waals surface area contributed by atoms with E-state index in [1.54, 1.807) is 0 Å². The van der Waals surface area contributed by atoms with E-state index in [4.69, 9.17) is 26.8 Å². The predicted octanol–water partition coefficient (Wildman–Crippen LogP) is 2.53. The Balaban J connectivity index is 2.10. The number of ether oxygens (including phenoxy) is 2. The highest BCUT2D eigenvalue weighted by atomic mass is 35.5. The minimum Gasteiger partial charge on any atom is -0.376 e. The van der Waals surface area contributed by atoms with Gasteiger partial charge in [0.1, 0.15) is 6.10 Å². The second-order valence-electron chi connectivity index (χ2n) is 4.34. The fourth-order valence-electron chi connectivity index (χ4n) is 1.79. The Labute approximate surface area is 107 Å². The first-order valence-corrected chi connectivity index (χ1v) is 6.32. The number of nitrogens with two attached hydrogens (primary N) is 1. The number of rotatable bonds is 5. The lowest BCUT2D eigenvalue weighted by Crippen LogP contribution is -2.41. The quantitative estimate of drug-likeness (QED) is 0.879. The molecule has 2 N–H and O–H groups in total. The maximum absolute atomic E-state index is 6.12. The number of halogens is 1. The Bertz CT molecular complexity index is 351. The second kappa shape index (κ2) is 5.83. The fraction of sp³-hybridized carbons (Fsp3) is 0.538. The van der Waals surface area contributed by atoms with Gasteiger partial charge in [-0.3, -0.25) is 0 Å². The van der Waals surface area contributed by atoms with Crippen molar-refractivity contribution in [1.29, 1.82) is 0 Å². The lowest BCUT2D eigenvalue weighted by atomic mass is 10.0. The van der Waals surface area contributed by atoms with E-state index in [2.05, 4.69) is 6.92 Å². The van der Waals surface area contributed by atoms with Crippen LogP contribution >= 0.6 is 11.6 Å². The van der Waals surface area contributed by atoms with E-state index in [0.717, 1.165) is 17.0 Å². The highest BCUT2D eigenvalue weighted by Crippen LogP contribution is 2.26. The molecule has 0 aliphatic carbocycles. The summed E-state index contributed by atoms with van der Waals surface area (Å²) < 4.78 is 11.1. The normalized spacial score (nSPS) is 19.7. The Morgan fingerprint density at radius 1 is 1.41 bits per heavy atom. The molecule has 1 aliphatic heterocycles. The Hall–Kier alpha value is -0.610. The van der Waals surface area contributed by atoms with E-state index in [-0.39, 0.29) is 18.2 Å². The van der Waals surface area contributed by atoms with Gasteiger partial charge in [-0.2, -0.15) is 0 Å². The van der Waals surface area contributed by atoms with Crippen LogP contribution in [0.15, 0.2) is 24.3 Å². The molecule has 0 spiro atoms. The summed E-state index contributed by atoms with van der Waals surface area (Å²) in [5.41, 5.74) is 7.19. The first-order valence-electron chi connectivity index (χ1n) is 5.95. The lowest BCUT2D eigenvalue weighted by Gasteiger charge is -2.33. The second-order valence-corrected chi connectivity index (χ2v) is 4.78. The summed E-state index contributed by atoms with van der Waals surface area (Å²) in [5.74, 6) is 0. The van der Waals surface area contributed by atoms with Gasteiger partial charge in [0.15, 0.2) is 0 Å². The molecule has 2 atom stereocenters. The maximum Gasteiger partial charge on any atom is 0.105 e. The fourth-order valence-corrected chi connectivity index (χ4v) is 1.92. The van der Waals surface area contributed by atoms with Crippen molar-refractivity contribution in [3.8, 4) is 0 Å². The highest BCUT2D eigenvalue weighted by Gasteiger charge is 2.27. The molecule has 0 bridgehead atoms. The van der Waals surface area contributed by atoms with Gasteiger partial charge in [-0.15, -0.1) is 0 Å². The first-order chi connectivity index (χ1) is 8.20. The third-order valence-corrected chi connectivity index (χ3v) is 3.26. The largest absolute Gasteiger partial charge is 0.376 e. The summed E-state index contributed by atoms with van der Waals surface area (Å²) in [7, 11) is 0. The van der Waals surface area contributed by atoms with Crippen molar-refractivity contribution in [2.75, 3.05) is 13.2 Å². The van der Waals surface area contributed by atoms with Crippen molar-refractivity contribution in [2.24, 2.45) is 5.73 Å². The monoisotopic (exact) mass is 255 g/mol. The van der Waals surface area contributed by atoms with Crippen LogP contribution in [0.25, 0.3) is 0 Å². The molecule has 0 saturated carbocycles. The molecular formula is C13H18ClNO2. The number of hydrogen-bond donors (Lipinski definition) is 1. The van der Waals surface area contributed by atoms with E-state index in [9.17, 15) is 0 Å². The van der Waals surface area contributed by atoms with Gasteiger partial charge < -0.3 is 15.2 Å². The predicted molar refractivity (Wildman–Crippen MR) is 68.2 cm³/mol. The van der Waals surface area contributed by atoms with Crippen molar-refractivity contribution < 1.29 is 9.47 Å². The molecule has 0 amide bonds. The summed E-state index contributed by atoms with van der Waals surface area (Å²) in [6.45, 7) is 3.40. The zero-order valence-corrected chi connectivity index (χ0v) is 10.7. The summed E-state index contributed by atoms with van der Waals surface area (Å²) in [4.78, 5) is 0. The van der Waals surface area contributed by atoms with Crippen LogP contribution in [0.5, 0.6) is 0 Å². The molecule has 1 aromatic carbocycles. The number of hydrogen-bond acceptors (Lipinski definition) is 3. The standard InChI is InChI=1S/C13H18ClNO2/c1-2-12(15)13(17-11-7-16-8-11)9-3-5-10(14)6-4-9/h3-6,11-13H,2,7-8,15H2,1H3. The van der Waals surface area contributed by atoms with E-state index in [1.165, 1.54) is 0 Å². The molecule has 0 radical (unpaired) electrons. The molecule has 1 aliphatic rings. The molecule has 1 fully saturated rings. The van der Waals surface area contributed by atoms with Crippen LogP contribution in [0.1, 0.15) is 25.0 Å². The Morgan fingerprint density at radius 2 is 2.06 bits per heavy atom. The highest BCUT2D eigenvalue weighted by molar-refractivity contribution is 6.30. The van der Waals surface area contributed by atoms with E-state index < -0.39 is 0 Å². The minimum absolute atomic E-state index is 0.00299. The Morgan fingerprint density at radius 3 is 2.53 bits per heavy atom. The first kappa shape index (κ1) is 12.8. The zero-order valence-electron chi connectivity index (χ0n) is 9.93. The van der Waals surface area contributed by atoms with Crippen molar-refractivity contribution in [1.82, 2.24) is 0 Å². The molecule has 1 aromatic rings. The van der Waals surface area contributed by atoms with E-state index in [1.807, 2.05) is 24.3 Å². The maximum atomic E-state index is 6.12. The smallest absolute Gasteiger partial charge is 0.105 e. The molecule has 17 heavy (non-hydrogen) atoms. The molecule has 94 valence electrons. The van der Waals surface area contributed by atoms with Crippen LogP contribution in [0.4, 0.5) is 0 Å². The summed E-state index contributed by atoms with van der Waals surface area (Å²) >= 11 is 5.88. The van der Waals surface area contributed by atoms with Crippen LogP contribution in [-0.4, -0.2) is 25.4 Å². The zero-order chi connectivity index (χ0) is 12.3. The van der Waals surface area contributed by atoms with Crippen molar-refractivity contribution in [3.63, 3.8) is 0 Å². The van der Waals surface area contributed by atoms with Gasteiger partial charge in [-0.05, 0) is 24.1 Å². The van der Waals surface area contributed by atoms with Gasteiger partial charge in [-0.25, -0.2) is 0 Å². The molecule has 4 heteroatoms. The van der Waals surface area contributed by atoms with Crippen LogP contribution in [-0.2, 0) is 9.47 Å². The van der Waals surface area contributed by atoms with Crippen molar-refractivity contribution >= 4 is 11.6 Å². The molecule has 2 unspecified atom stereocenters. The molecule has 1 saturated heterocycles. The van der Waals surface area contributed by atoms with E-state index in [0.29, 0.717) is 13.2 Å².